The Hall–Kier alpha value is -2.11. The lowest BCUT2D eigenvalue weighted by atomic mass is 10.1. The van der Waals surface area contributed by atoms with Crippen molar-refractivity contribution in [1.82, 2.24) is 0 Å². The minimum atomic E-state index is -1.16. The topological polar surface area (TPSA) is 92.5 Å². The van der Waals surface area contributed by atoms with Gasteiger partial charge < -0.3 is 10.4 Å². The molecule has 0 amide bonds. The van der Waals surface area contributed by atoms with Crippen LogP contribution in [-0.2, 0) is 0 Å². The van der Waals surface area contributed by atoms with Crippen molar-refractivity contribution >= 4 is 17.3 Å². The van der Waals surface area contributed by atoms with Crippen LogP contribution in [-0.4, -0.2) is 22.5 Å². The first-order chi connectivity index (χ1) is 8.58. The summed E-state index contributed by atoms with van der Waals surface area (Å²) in [6.07, 6.45) is 3.50. The van der Waals surface area contributed by atoms with E-state index < -0.39 is 10.9 Å². The molecule has 6 nitrogen and oxygen atoms in total. The van der Waals surface area contributed by atoms with Gasteiger partial charge in [-0.1, -0.05) is 12.8 Å². The van der Waals surface area contributed by atoms with E-state index in [1.807, 2.05) is 0 Å². The first-order valence-corrected chi connectivity index (χ1v) is 5.83. The molecule has 0 bridgehead atoms. The summed E-state index contributed by atoms with van der Waals surface area (Å²) < 4.78 is 0. The van der Waals surface area contributed by atoms with Gasteiger partial charge in [0, 0.05) is 24.4 Å². The molecule has 18 heavy (non-hydrogen) atoms. The molecule has 1 fully saturated rings. The van der Waals surface area contributed by atoms with Gasteiger partial charge >= 0.3 is 5.97 Å². The molecular formula is C12H14N2O4. The molecule has 1 aromatic rings. The SMILES string of the molecule is O=C(O)c1cc([N+](=O)[O-])ccc1NCCC1CC1. The molecule has 0 unspecified atom stereocenters. The van der Waals surface area contributed by atoms with Gasteiger partial charge in [-0.25, -0.2) is 4.79 Å². The van der Waals surface area contributed by atoms with E-state index in [1.54, 1.807) is 0 Å². The minimum Gasteiger partial charge on any atom is -0.478 e. The zero-order chi connectivity index (χ0) is 13.1. The third kappa shape index (κ3) is 2.97. The quantitative estimate of drug-likeness (QED) is 0.597. The Bertz CT molecular complexity index is 483. The molecule has 1 aromatic carbocycles. The summed E-state index contributed by atoms with van der Waals surface area (Å²) in [7, 11) is 0. The predicted octanol–water partition coefficient (Wildman–Crippen LogP) is 2.51. The second kappa shape index (κ2) is 5.03. The van der Waals surface area contributed by atoms with Crippen molar-refractivity contribution in [1.29, 1.82) is 0 Å². The smallest absolute Gasteiger partial charge is 0.338 e. The van der Waals surface area contributed by atoms with Crippen molar-refractivity contribution in [3.05, 3.63) is 33.9 Å². The third-order valence-electron chi connectivity index (χ3n) is 3.01. The van der Waals surface area contributed by atoms with Crippen molar-refractivity contribution in [3.63, 3.8) is 0 Å². The average molecular weight is 250 g/mol. The van der Waals surface area contributed by atoms with Crippen LogP contribution in [0.1, 0.15) is 29.6 Å². The van der Waals surface area contributed by atoms with Crippen LogP contribution in [0.3, 0.4) is 0 Å². The molecule has 0 heterocycles. The maximum Gasteiger partial charge on any atom is 0.338 e. The molecule has 2 N–H and O–H groups in total. The molecule has 6 heteroatoms. The van der Waals surface area contributed by atoms with Gasteiger partial charge in [0.05, 0.1) is 10.5 Å². The van der Waals surface area contributed by atoms with Crippen LogP contribution in [0.2, 0.25) is 0 Å². The number of anilines is 1. The first kappa shape index (κ1) is 12.3. The van der Waals surface area contributed by atoms with Gasteiger partial charge in [0.2, 0.25) is 0 Å². The molecule has 0 aromatic heterocycles. The maximum absolute atomic E-state index is 11.0. The lowest BCUT2D eigenvalue weighted by Crippen LogP contribution is -2.08. The fourth-order valence-corrected chi connectivity index (χ4v) is 1.79. The van der Waals surface area contributed by atoms with Gasteiger partial charge in [-0.05, 0) is 18.4 Å². The van der Waals surface area contributed by atoms with Crippen LogP contribution in [0.5, 0.6) is 0 Å². The highest BCUT2D eigenvalue weighted by Crippen LogP contribution is 2.32. The normalized spacial score (nSPS) is 14.2. The third-order valence-corrected chi connectivity index (χ3v) is 3.01. The van der Waals surface area contributed by atoms with Crippen LogP contribution in [0, 0.1) is 16.0 Å². The molecular weight excluding hydrogens is 236 g/mol. The zero-order valence-electron chi connectivity index (χ0n) is 9.76. The molecule has 2 rings (SSSR count). The van der Waals surface area contributed by atoms with E-state index in [4.69, 9.17) is 5.11 Å². The van der Waals surface area contributed by atoms with Gasteiger partial charge in [0.1, 0.15) is 0 Å². The lowest BCUT2D eigenvalue weighted by Gasteiger charge is -2.08. The number of nitrogens with one attached hydrogen (secondary N) is 1. The van der Waals surface area contributed by atoms with E-state index in [-0.39, 0.29) is 11.3 Å². The zero-order valence-corrected chi connectivity index (χ0v) is 9.76. The van der Waals surface area contributed by atoms with E-state index in [0.29, 0.717) is 12.2 Å². The van der Waals surface area contributed by atoms with Crippen molar-refractivity contribution in [3.8, 4) is 0 Å². The molecule has 1 aliphatic rings. The Morgan fingerprint density at radius 2 is 2.22 bits per heavy atom. The Labute approximate surface area is 104 Å². The Balaban J connectivity index is 2.11. The van der Waals surface area contributed by atoms with Crippen LogP contribution in [0.4, 0.5) is 11.4 Å². The Morgan fingerprint density at radius 1 is 1.50 bits per heavy atom. The number of carboxylic acids is 1. The van der Waals surface area contributed by atoms with E-state index in [9.17, 15) is 14.9 Å². The van der Waals surface area contributed by atoms with Crippen LogP contribution >= 0.6 is 0 Å². The second-order valence-corrected chi connectivity index (χ2v) is 4.45. The molecule has 1 saturated carbocycles. The number of aromatic carboxylic acids is 1. The standard InChI is InChI=1S/C12H14N2O4/c15-12(16)10-7-9(14(17)18)3-4-11(10)13-6-5-8-1-2-8/h3-4,7-8,13H,1-2,5-6H2,(H,15,16). The first-order valence-electron chi connectivity index (χ1n) is 5.83. The highest BCUT2D eigenvalue weighted by Gasteiger charge is 2.21. The number of non-ortho nitro benzene ring substituents is 1. The Kier molecular flexibility index (Phi) is 3.45. The van der Waals surface area contributed by atoms with Crippen LogP contribution in [0.15, 0.2) is 18.2 Å². The number of benzene rings is 1. The predicted molar refractivity (Wildman–Crippen MR) is 65.9 cm³/mol. The van der Waals surface area contributed by atoms with Crippen LogP contribution < -0.4 is 5.32 Å². The number of carbonyl (C=O) groups is 1. The molecule has 0 saturated heterocycles. The van der Waals surface area contributed by atoms with Crippen molar-refractivity contribution in [2.24, 2.45) is 5.92 Å². The molecule has 1 aliphatic carbocycles. The second-order valence-electron chi connectivity index (χ2n) is 4.45. The monoisotopic (exact) mass is 250 g/mol. The summed E-state index contributed by atoms with van der Waals surface area (Å²) in [5, 5.41) is 22.6. The number of hydrogen-bond donors (Lipinski definition) is 2. The number of rotatable bonds is 6. The lowest BCUT2D eigenvalue weighted by molar-refractivity contribution is -0.384. The highest BCUT2D eigenvalue weighted by atomic mass is 16.6. The van der Waals surface area contributed by atoms with Crippen molar-refractivity contribution in [2.45, 2.75) is 19.3 Å². The molecule has 96 valence electrons. The molecule has 0 atom stereocenters. The largest absolute Gasteiger partial charge is 0.478 e. The van der Waals surface area contributed by atoms with Crippen molar-refractivity contribution < 1.29 is 14.8 Å². The van der Waals surface area contributed by atoms with Gasteiger partial charge in [-0.15, -0.1) is 0 Å². The number of nitro benzene ring substituents is 1. The van der Waals surface area contributed by atoms with E-state index in [0.717, 1.165) is 18.4 Å². The number of nitro groups is 1. The average Bonchev–Trinajstić information content (AvgIpc) is 3.13. The summed E-state index contributed by atoms with van der Waals surface area (Å²) in [5.41, 5.74) is 0.175. The Morgan fingerprint density at radius 3 is 2.78 bits per heavy atom. The van der Waals surface area contributed by atoms with Gasteiger partial charge in [0.25, 0.3) is 5.69 Å². The number of nitrogens with zero attached hydrogens (tertiary/aromatic N) is 1. The molecule has 0 spiro atoms. The summed E-state index contributed by atoms with van der Waals surface area (Å²) >= 11 is 0. The van der Waals surface area contributed by atoms with Gasteiger partial charge in [-0.2, -0.15) is 0 Å². The molecule has 0 radical (unpaired) electrons. The summed E-state index contributed by atoms with van der Waals surface area (Å²) in [5.74, 6) is -0.406. The minimum absolute atomic E-state index is 0.0556. The fourth-order valence-electron chi connectivity index (χ4n) is 1.79. The van der Waals surface area contributed by atoms with Gasteiger partial charge in [0.15, 0.2) is 0 Å². The fraction of sp³-hybridized carbons (Fsp3) is 0.417. The maximum atomic E-state index is 11.0. The highest BCUT2D eigenvalue weighted by molar-refractivity contribution is 5.95. The van der Waals surface area contributed by atoms with Crippen molar-refractivity contribution in [2.75, 3.05) is 11.9 Å². The van der Waals surface area contributed by atoms with E-state index in [1.165, 1.54) is 25.0 Å². The summed E-state index contributed by atoms with van der Waals surface area (Å²) in [6.45, 7) is 0.697. The summed E-state index contributed by atoms with van der Waals surface area (Å²) in [4.78, 5) is 21.0. The summed E-state index contributed by atoms with van der Waals surface area (Å²) in [6, 6.07) is 3.85. The number of carboxylic acid groups (broad SMARTS) is 1. The van der Waals surface area contributed by atoms with Crippen LogP contribution in [0.25, 0.3) is 0 Å². The molecule has 0 aliphatic heterocycles. The van der Waals surface area contributed by atoms with E-state index in [2.05, 4.69) is 5.32 Å². The number of hydrogen-bond acceptors (Lipinski definition) is 4. The van der Waals surface area contributed by atoms with E-state index >= 15 is 0 Å². The van der Waals surface area contributed by atoms with Gasteiger partial charge in [-0.3, -0.25) is 10.1 Å².